The lowest BCUT2D eigenvalue weighted by Gasteiger charge is -2.31. The summed E-state index contributed by atoms with van der Waals surface area (Å²) in [7, 11) is 0. The van der Waals surface area contributed by atoms with E-state index in [0.717, 1.165) is 11.1 Å². The van der Waals surface area contributed by atoms with Gasteiger partial charge >= 0.3 is 0 Å². The average molecular weight is 358 g/mol. The lowest BCUT2D eigenvalue weighted by Crippen LogP contribution is -2.24. The van der Waals surface area contributed by atoms with Crippen molar-refractivity contribution in [1.82, 2.24) is 0 Å². The van der Waals surface area contributed by atoms with Gasteiger partial charge in [0.05, 0.1) is 0 Å². The molecular weight excluding hydrogens is 350 g/mol. The maximum atomic E-state index is 6.34. The van der Waals surface area contributed by atoms with Crippen LogP contribution < -0.4 is 0 Å². The van der Waals surface area contributed by atoms with Gasteiger partial charge in [0.25, 0.3) is 0 Å². The summed E-state index contributed by atoms with van der Waals surface area (Å²) in [5.41, 5.74) is 1.44. The lowest BCUT2D eigenvalue weighted by atomic mass is 9.94. The fourth-order valence-corrected chi connectivity index (χ4v) is 3.68. The van der Waals surface area contributed by atoms with Crippen molar-refractivity contribution in [2.75, 3.05) is 0 Å². The van der Waals surface area contributed by atoms with Gasteiger partial charge in [0, 0.05) is 10.1 Å². The Bertz CT molecular complexity index is 488. The normalized spacial score (nSPS) is 39.7. The van der Waals surface area contributed by atoms with Gasteiger partial charge in [-0.15, -0.1) is 25.3 Å². The minimum absolute atomic E-state index is 0.525. The average Bonchev–Trinajstić information content (AvgIpc) is 2.17. The molecule has 2 aliphatic carbocycles. The first-order valence-corrected chi connectivity index (χ1v) is 7.34. The molecule has 2 unspecified atom stereocenters. The third-order valence-electron chi connectivity index (χ3n) is 2.52. The molecule has 6 heteroatoms. The van der Waals surface area contributed by atoms with E-state index in [4.69, 9.17) is 46.4 Å². The Hall–Kier alpha value is 0.560. The molecule has 0 bridgehead atoms. The Morgan fingerprint density at radius 2 is 1.06 bits per heavy atom. The van der Waals surface area contributed by atoms with Crippen LogP contribution in [0, 0.1) is 0 Å². The summed E-state index contributed by atoms with van der Waals surface area (Å²) in [4.78, 5) is 0. The Morgan fingerprint density at radius 3 is 1.33 bits per heavy atom. The smallest absolute Gasteiger partial charge is 0.132 e. The van der Waals surface area contributed by atoms with Gasteiger partial charge < -0.3 is 0 Å². The summed E-state index contributed by atoms with van der Waals surface area (Å²) < 4.78 is -2.04. The van der Waals surface area contributed by atoms with E-state index < -0.39 is 8.41 Å². The van der Waals surface area contributed by atoms with Crippen LogP contribution >= 0.6 is 71.7 Å². The molecule has 0 amide bonds. The molecule has 96 valence electrons. The molecule has 18 heavy (non-hydrogen) atoms. The van der Waals surface area contributed by atoms with Crippen LogP contribution in [0.25, 0.3) is 0 Å². The molecular formula is C12H8Cl4S2. The molecule has 0 nitrogen and oxygen atoms in total. The molecule has 0 N–H and O–H groups in total. The number of rotatable bonds is 0. The van der Waals surface area contributed by atoms with Gasteiger partial charge in [-0.3, -0.25) is 0 Å². The van der Waals surface area contributed by atoms with Crippen LogP contribution in [0.2, 0.25) is 0 Å². The fraction of sp³-hybridized carbons (Fsp3) is 0.167. The Balaban J connectivity index is 2.57. The molecule has 0 aromatic heterocycles. The molecule has 0 heterocycles. The maximum Gasteiger partial charge on any atom is 0.132 e. The van der Waals surface area contributed by atoms with Crippen molar-refractivity contribution < 1.29 is 0 Å². The summed E-state index contributed by atoms with van der Waals surface area (Å²) in [6, 6.07) is 0. The van der Waals surface area contributed by atoms with Crippen molar-refractivity contribution in [2.45, 2.75) is 8.41 Å². The fourth-order valence-electron chi connectivity index (χ4n) is 1.73. The quantitative estimate of drug-likeness (QED) is 0.421. The molecule has 2 aliphatic rings. The van der Waals surface area contributed by atoms with Gasteiger partial charge in [0.1, 0.15) is 8.41 Å². The zero-order valence-electron chi connectivity index (χ0n) is 8.87. The van der Waals surface area contributed by atoms with E-state index in [-0.39, 0.29) is 0 Å². The van der Waals surface area contributed by atoms with Gasteiger partial charge in [-0.2, -0.15) is 0 Å². The van der Waals surface area contributed by atoms with Gasteiger partial charge in [0.15, 0.2) is 0 Å². The summed E-state index contributed by atoms with van der Waals surface area (Å²) in [6.45, 7) is 0. The number of allylic oxidation sites excluding steroid dienone is 6. The van der Waals surface area contributed by atoms with Crippen molar-refractivity contribution in [2.24, 2.45) is 0 Å². The Morgan fingerprint density at radius 1 is 0.722 bits per heavy atom. The highest BCUT2D eigenvalue weighted by atomic mass is 35.5. The van der Waals surface area contributed by atoms with E-state index in [2.05, 4.69) is 25.3 Å². The van der Waals surface area contributed by atoms with E-state index in [0.29, 0.717) is 10.1 Å². The summed E-state index contributed by atoms with van der Waals surface area (Å²) in [5, 5.41) is 1.05. The third kappa shape index (κ3) is 3.00. The first-order valence-electron chi connectivity index (χ1n) is 4.93. The number of halogens is 4. The van der Waals surface area contributed by atoms with Crippen molar-refractivity contribution >= 4 is 71.7 Å². The maximum absolute atomic E-state index is 6.34. The topological polar surface area (TPSA) is 0 Å². The lowest BCUT2D eigenvalue weighted by molar-refractivity contribution is 1.08. The van der Waals surface area contributed by atoms with Crippen molar-refractivity contribution in [1.29, 1.82) is 0 Å². The number of alkyl halides is 2. The van der Waals surface area contributed by atoms with E-state index in [9.17, 15) is 0 Å². The molecule has 0 aliphatic heterocycles. The Labute approximate surface area is 137 Å². The van der Waals surface area contributed by atoms with E-state index in [1.807, 2.05) is 0 Å². The zero-order chi connectivity index (χ0) is 13.6. The van der Waals surface area contributed by atoms with Crippen molar-refractivity contribution in [3.63, 3.8) is 0 Å². The van der Waals surface area contributed by atoms with E-state index in [1.165, 1.54) is 0 Å². The molecule has 0 spiro atoms. The predicted octanol–water partition coefficient (Wildman–Crippen LogP) is 5.40. The van der Waals surface area contributed by atoms with Crippen molar-refractivity contribution in [3.8, 4) is 0 Å². The molecule has 2 rings (SSSR count). The largest absolute Gasteiger partial charge is 0.148 e. The minimum Gasteiger partial charge on any atom is -0.148 e. The second-order valence-corrected chi connectivity index (χ2v) is 7.90. The molecule has 0 saturated carbocycles. The van der Waals surface area contributed by atoms with Crippen LogP contribution in [0.15, 0.2) is 57.7 Å². The predicted molar refractivity (Wildman–Crippen MR) is 88.3 cm³/mol. The molecule has 0 aromatic rings. The van der Waals surface area contributed by atoms with Crippen LogP contribution in [-0.4, -0.2) is 8.41 Å². The number of hydrogen-bond acceptors (Lipinski definition) is 2. The molecule has 0 aromatic carbocycles. The monoisotopic (exact) mass is 356 g/mol. The summed E-state index contributed by atoms with van der Waals surface area (Å²) in [5.74, 6) is 0. The van der Waals surface area contributed by atoms with Gasteiger partial charge in [-0.1, -0.05) is 58.6 Å². The highest BCUT2D eigenvalue weighted by Crippen LogP contribution is 2.46. The highest BCUT2D eigenvalue weighted by Gasteiger charge is 2.36. The first kappa shape index (κ1) is 15.0. The minimum atomic E-state index is -1.02. The zero-order valence-corrected chi connectivity index (χ0v) is 13.7. The standard InChI is InChI=1S/C12H8Cl4S2/c13-7-1-3-9(11(15,17)5-7)10-4-2-8(14)6-12(10,16)18/h1-6,17-18H/b10-9+. The second kappa shape index (κ2) is 5.16. The first-order chi connectivity index (χ1) is 8.22. The van der Waals surface area contributed by atoms with E-state index in [1.54, 1.807) is 36.5 Å². The van der Waals surface area contributed by atoms with Crippen LogP contribution in [0.3, 0.4) is 0 Å². The highest BCUT2D eigenvalue weighted by molar-refractivity contribution is 7.84. The molecule has 0 fully saturated rings. The Kier molecular flexibility index (Phi) is 4.29. The van der Waals surface area contributed by atoms with Crippen LogP contribution in [0.1, 0.15) is 0 Å². The number of hydrogen-bond donors (Lipinski definition) is 2. The van der Waals surface area contributed by atoms with Crippen LogP contribution in [-0.2, 0) is 0 Å². The van der Waals surface area contributed by atoms with Crippen LogP contribution in [0.4, 0.5) is 0 Å². The number of thiol groups is 2. The second-order valence-electron chi connectivity index (χ2n) is 3.90. The van der Waals surface area contributed by atoms with Gasteiger partial charge in [0.2, 0.25) is 0 Å². The van der Waals surface area contributed by atoms with Gasteiger partial charge in [-0.25, -0.2) is 0 Å². The molecule has 0 saturated heterocycles. The molecule has 2 atom stereocenters. The van der Waals surface area contributed by atoms with Crippen molar-refractivity contribution in [3.05, 3.63) is 57.7 Å². The summed E-state index contributed by atoms with van der Waals surface area (Å²) >= 11 is 33.3. The SMILES string of the molecule is SC1(Cl)C=C(Cl)C=C/C1=C1/C=CC(Cl)=CC1(S)Cl. The molecule has 0 radical (unpaired) electrons. The van der Waals surface area contributed by atoms with E-state index >= 15 is 0 Å². The van der Waals surface area contributed by atoms with Crippen LogP contribution in [0.5, 0.6) is 0 Å². The summed E-state index contributed by atoms with van der Waals surface area (Å²) in [6.07, 6.45) is 10.3. The van der Waals surface area contributed by atoms with Gasteiger partial charge in [-0.05, 0) is 35.5 Å². The third-order valence-corrected chi connectivity index (χ3v) is 4.36.